The standard InChI is InChI=1S/C18H27N5O2/c1-3-4-14(7-8-24)22-17-15(11(2)21-18(20)23-17)9-12-5-6-13(19)10-16(12)25/h5-6,10,14,24-25H,3-4,7-9,19H2,1-2H3,(H3,20,21,22,23)/t14-/m0/s1. The molecule has 7 N–H and O–H groups in total. The Balaban J connectivity index is 2.35. The average Bonchev–Trinajstić information content (AvgIpc) is 2.53. The molecular formula is C18H27N5O2. The summed E-state index contributed by atoms with van der Waals surface area (Å²) in [4.78, 5) is 8.60. The van der Waals surface area contributed by atoms with E-state index in [1.165, 1.54) is 6.07 Å². The van der Waals surface area contributed by atoms with Gasteiger partial charge in [-0.05, 0) is 31.4 Å². The number of aromatic hydroxyl groups is 1. The third kappa shape index (κ3) is 4.96. The van der Waals surface area contributed by atoms with Gasteiger partial charge in [0, 0.05) is 42.1 Å². The highest BCUT2D eigenvalue weighted by atomic mass is 16.3. The maximum atomic E-state index is 10.1. The molecule has 0 aliphatic rings. The Bertz CT molecular complexity index is 715. The number of anilines is 3. The second kappa shape index (κ2) is 8.53. The van der Waals surface area contributed by atoms with Crippen LogP contribution in [-0.2, 0) is 6.42 Å². The Morgan fingerprint density at radius 2 is 1.96 bits per heavy atom. The van der Waals surface area contributed by atoms with Gasteiger partial charge < -0.3 is 27.0 Å². The number of phenolic OH excluding ortho intramolecular Hbond substituents is 1. The molecule has 0 bridgehead atoms. The van der Waals surface area contributed by atoms with Gasteiger partial charge in [0.2, 0.25) is 5.95 Å². The molecule has 0 unspecified atom stereocenters. The lowest BCUT2D eigenvalue weighted by Crippen LogP contribution is -2.23. The van der Waals surface area contributed by atoms with Crippen LogP contribution < -0.4 is 16.8 Å². The van der Waals surface area contributed by atoms with E-state index in [2.05, 4.69) is 22.2 Å². The van der Waals surface area contributed by atoms with Gasteiger partial charge >= 0.3 is 0 Å². The number of nitrogens with one attached hydrogen (secondary N) is 1. The first-order valence-electron chi connectivity index (χ1n) is 8.52. The lowest BCUT2D eigenvalue weighted by atomic mass is 10.0. The van der Waals surface area contributed by atoms with Crippen LogP contribution in [0.4, 0.5) is 17.5 Å². The quantitative estimate of drug-likeness (QED) is 0.464. The Hall–Kier alpha value is -2.54. The van der Waals surface area contributed by atoms with Crippen LogP contribution in [0.5, 0.6) is 5.75 Å². The third-order valence-electron chi connectivity index (χ3n) is 4.16. The summed E-state index contributed by atoms with van der Waals surface area (Å²) in [6, 6.07) is 5.17. The molecule has 7 heteroatoms. The number of aryl methyl sites for hydroxylation is 1. The van der Waals surface area contributed by atoms with Crippen LogP contribution in [0.2, 0.25) is 0 Å². The number of nitrogens with two attached hydrogens (primary N) is 2. The molecule has 0 spiro atoms. The van der Waals surface area contributed by atoms with Crippen molar-refractivity contribution >= 4 is 17.5 Å². The smallest absolute Gasteiger partial charge is 0.222 e. The first-order valence-corrected chi connectivity index (χ1v) is 8.52. The van der Waals surface area contributed by atoms with Crippen LogP contribution in [-0.4, -0.2) is 32.8 Å². The molecule has 0 aliphatic carbocycles. The summed E-state index contributed by atoms with van der Waals surface area (Å²) in [6.07, 6.45) is 2.99. The highest BCUT2D eigenvalue weighted by Gasteiger charge is 2.16. The summed E-state index contributed by atoms with van der Waals surface area (Å²) < 4.78 is 0. The lowest BCUT2D eigenvalue weighted by molar-refractivity contribution is 0.276. The van der Waals surface area contributed by atoms with Crippen LogP contribution in [0.1, 0.15) is 43.0 Å². The number of aliphatic hydroxyl groups excluding tert-OH is 1. The molecular weight excluding hydrogens is 318 g/mol. The van der Waals surface area contributed by atoms with Gasteiger partial charge in [-0.3, -0.25) is 0 Å². The molecule has 25 heavy (non-hydrogen) atoms. The van der Waals surface area contributed by atoms with E-state index >= 15 is 0 Å². The van der Waals surface area contributed by atoms with Crippen molar-refractivity contribution in [2.75, 3.05) is 23.4 Å². The van der Waals surface area contributed by atoms with Crippen molar-refractivity contribution in [1.82, 2.24) is 9.97 Å². The van der Waals surface area contributed by atoms with Gasteiger partial charge in [-0.1, -0.05) is 19.4 Å². The summed E-state index contributed by atoms with van der Waals surface area (Å²) in [7, 11) is 0. The zero-order valence-electron chi connectivity index (χ0n) is 14.8. The van der Waals surface area contributed by atoms with E-state index in [0.717, 1.165) is 29.7 Å². The number of nitrogen functional groups attached to an aromatic ring is 2. The molecule has 2 rings (SSSR count). The SMILES string of the molecule is CCC[C@@H](CCO)Nc1nc(N)nc(C)c1Cc1ccc(N)cc1O. The number of aliphatic hydroxyl groups is 1. The van der Waals surface area contributed by atoms with Crippen molar-refractivity contribution in [3.8, 4) is 5.75 Å². The maximum absolute atomic E-state index is 10.1. The largest absolute Gasteiger partial charge is 0.508 e. The van der Waals surface area contributed by atoms with E-state index in [1.807, 2.05) is 6.92 Å². The Morgan fingerprint density at radius 3 is 2.60 bits per heavy atom. The number of nitrogens with zero attached hydrogens (tertiary/aromatic N) is 2. The number of phenols is 1. The molecule has 0 saturated heterocycles. The molecule has 1 aromatic heterocycles. The van der Waals surface area contributed by atoms with Gasteiger partial charge in [0.05, 0.1) is 0 Å². The van der Waals surface area contributed by atoms with Crippen molar-refractivity contribution in [2.45, 2.75) is 45.6 Å². The zero-order valence-corrected chi connectivity index (χ0v) is 14.8. The summed E-state index contributed by atoms with van der Waals surface area (Å²) in [5, 5.41) is 22.8. The van der Waals surface area contributed by atoms with Gasteiger partial charge in [0.15, 0.2) is 0 Å². The fraction of sp³-hybridized carbons (Fsp3) is 0.444. The highest BCUT2D eigenvalue weighted by Crippen LogP contribution is 2.28. The number of rotatable bonds is 8. The topological polar surface area (TPSA) is 130 Å². The molecule has 1 heterocycles. The predicted octanol–water partition coefficient (Wildman–Crippen LogP) is 2.21. The van der Waals surface area contributed by atoms with Gasteiger partial charge in [0.25, 0.3) is 0 Å². The second-order valence-corrected chi connectivity index (χ2v) is 6.20. The summed E-state index contributed by atoms with van der Waals surface area (Å²) >= 11 is 0. The number of benzene rings is 1. The molecule has 0 fully saturated rings. The molecule has 1 atom stereocenters. The summed E-state index contributed by atoms with van der Waals surface area (Å²) in [5.41, 5.74) is 14.4. The third-order valence-corrected chi connectivity index (χ3v) is 4.16. The highest BCUT2D eigenvalue weighted by molar-refractivity contribution is 5.55. The molecule has 0 aliphatic heterocycles. The van der Waals surface area contributed by atoms with Gasteiger partial charge in [-0.15, -0.1) is 0 Å². The van der Waals surface area contributed by atoms with Gasteiger partial charge in [-0.2, -0.15) is 4.98 Å². The Morgan fingerprint density at radius 1 is 1.20 bits per heavy atom. The van der Waals surface area contributed by atoms with E-state index in [4.69, 9.17) is 11.5 Å². The van der Waals surface area contributed by atoms with Crippen LogP contribution in [0, 0.1) is 6.92 Å². The van der Waals surface area contributed by atoms with Crippen molar-refractivity contribution in [1.29, 1.82) is 0 Å². The fourth-order valence-corrected chi connectivity index (χ4v) is 2.86. The van der Waals surface area contributed by atoms with E-state index in [9.17, 15) is 10.2 Å². The Labute approximate surface area is 148 Å². The zero-order chi connectivity index (χ0) is 18.4. The van der Waals surface area contributed by atoms with Gasteiger partial charge in [-0.25, -0.2) is 4.98 Å². The van der Waals surface area contributed by atoms with Crippen LogP contribution in [0.3, 0.4) is 0 Å². The average molecular weight is 345 g/mol. The molecule has 1 aromatic carbocycles. The minimum atomic E-state index is 0.0995. The summed E-state index contributed by atoms with van der Waals surface area (Å²) in [5.74, 6) is 0.986. The first-order chi connectivity index (χ1) is 11.9. The van der Waals surface area contributed by atoms with Crippen LogP contribution >= 0.6 is 0 Å². The van der Waals surface area contributed by atoms with E-state index in [0.29, 0.717) is 24.3 Å². The minimum absolute atomic E-state index is 0.0995. The lowest BCUT2D eigenvalue weighted by Gasteiger charge is -2.21. The molecule has 0 saturated carbocycles. The second-order valence-electron chi connectivity index (χ2n) is 6.20. The maximum Gasteiger partial charge on any atom is 0.222 e. The van der Waals surface area contributed by atoms with Crippen LogP contribution in [0.15, 0.2) is 18.2 Å². The van der Waals surface area contributed by atoms with Crippen molar-refractivity contribution in [3.63, 3.8) is 0 Å². The Kier molecular flexibility index (Phi) is 6.41. The van der Waals surface area contributed by atoms with Crippen molar-refractivity contribution < 1.29 is 10.2 Å². The van der Waals surface area contributed by atoms with E-state index in [-0.39, 0.29) is 24.3 Å². The van der Waals surface area contributed by atoms with E-state index < -0.39 is 0 Å². The molecule has 0 radical (unpaired) electrons. The first kappa shape index (κ1) is 18.8. The van der Waals surface area contributed by atoms with E-state index in [1.54, 1.807) is 12.1 Å². The molecule has 7 nitrogen and oxygen atoms in total. The van der Waals surface area contributed by atoms with Gasteiger partial charge in [0.1, 0.15) is 11.6 Å². The molecule has 2 aromatic rings. The van der Waals surface area contributed by atoms with Crippen LogP contribution in [0.25, 0.3) is 0 Å². The van der Waals surface area contributed by atoms with Crippen molar-refractivity contribution in [3.05, 3.63) is 35.0 Å². The predicted molar refractivity (Wildman–Crippen MR) is 101 cm³/mol. The number of aromatic nitrogens is 2. The summed E-state index contributed by atoms with van der Waals surface area (Å²) in [6.45, 7) is 4.07. The molecule has 0 amide bonds. The molecule has 136 valence electrons. The minimum Gasteiger partial charge on any atom is -0.508 e. The fourth-order valence-electron chi connectivity index (χ4n) is 2.86. The number of hydrogen-bond acceptors (Lipinski definition) is 7. The van der Waals surface area contributed by atoms with Crippen molar-refractivity contribution in [2.24, 2.45) is 0 Å². The monoisotopic (exact) mass is 345 g/mol. The number of hydrogen-bond donors (Lipinski definition) is 5. The normalized spacial score (nSPS) is 12.1.